The van der Waals surface area contributed by atoms with Gasteiger partial charge in [0.1, 0.15) is 5.82 Å². The van der Waals surface area contributed by atoms with Crippen LogP contribution in [-0.2, 0) is 4.79 Å². The van der Waals surface area contributed by atoms with Crippen LogP contribution >= 0.6 is 0 Å². The number of aliphatic carboxylic acids is 1. The molecule has 0 aromatic heterocycles. The molecule has 18 heavy (non-hydrogen) atoms. The van der Waals surface area contributed by atoms with E-state index in [1.165, 1.54) is 25.1 Å². The van der Waals surface area contributed by atoms with Gasteiger partial charge in [-0.1, -0.05) is 6.07 Å². The Hall–Kier alpha value is -2.15. The fourth-order valence-corrected chi connectivity index (χ4v) is 1.26. The Kier molecular flexibility index (Phi) is 4.61. The summed E-state index contributed by atoms with van der Waals surface area (Å²) in [6, 6.07) is 2.86. The molecule has 0 fully saturated rings. The summed E-state index contributed by atoms with van der Waals surface area (Å²) in [6.07, 6.45) is -1.25. The highest BCUT2D eigenvalue weighted by Crippen LogP contribution is 2.08. The zero-order valence-electron chi connectivity index (χ0n) is 9.55. The normalized spacial score (nSPS) is 13.5. The Labute approximate surface area is 102 Å². The Balaban J connectivity index is 2.63. The van der Waals surface area contributed by atoms with Gasteiger partial charge in [-0.25, -0.2) is 14.0 Å². The third kappa shape index (κ3) is 4.02. The van der Waals surface area contributed by atoms with Gasteiger partial charge >= 0.3 is 12.0 Å². The van der Waals surface area contributed by atoms with Crippen molar-refractivity contribution in [2.24, 2.45) is 0 Å². The molecular formula is C11H13FN2O4. The standard InChI is InChI=1S/C11H13FN2O4/c1-6(15)9(10(16)17)14-11(18)13-8-4-2-3-7(12)5-8/h2-6,9,15H,1H3,(H,16,17)(H2,13,14,18). The summed E-state index contributed by atoms with van der Waals surface area (Å²) in [5, 5.41) is 22.2. The molecule has 0 radical (unpaired) electrons. The van der Waals surface area contributed by atoms with Crippen LogP contribution in [0.3, 0.4) is 0 Å². The number of hydrogen-bond acceptors (Lipinski definition) is 3. The van der Waals surface area contributed by atoms with E-state index < -0.39 is 30.0 Å². The van der Waals surface area contributed by atoms with Crippen molar-refractivity contribution in [1.82, 2.24) is 5.32 Å². The number of carbonyl (C=O) groups is 2. The summed E-state index contributed by atoms with van der Waals surface area (Å²) in [7, 11) is 0. The van der Waals surface area contributed by atoms with Gasteiger partial charge in [0, 0.05) is 5.69 Å². The second-order valence-corrected chi connectivity index (χ2v) is 3.67. The molecule has 6 nitrogen and oxygen atoms in total. The van der Waals surface area contributed by atoms with Gasteiger partial charge in [0.25, 0.3) is 0 Å². The van der Waals surface area contributed by atoms with Crippen molar-refractivity contribution in [3.05, 3.63) is 30.1 Å². The molecule has 98 valence electrons. The minimum Gasteiger partial charge on any atom is -0.480 e. The molecule has 0 aliphatic heterocycles. The number of nitrogens with one attached hydrogen (secondary N) is 2. The number of urea groups is 1. The van der Waals surface area contributed by atoms with Gasteiger partial charge in [-0.3, -0.25) is 0 Å². The molecular weight excluding hydrogens is 243 g/mol. The predicted octanol–water partition coefficient (Wildman–Crippen LogP) is 0.781. The molecule has 1 aromatic rings. The second kappa shape index (κ2) is 5.97. The molecule has 2 atom stereocenters. The van der Waals surface area contributed by atoms with Gasteiger partial charge in [0.05, 0.1) is 6.10 Å². The molecule has 0 spiro atoms. The third-order valence-corrected chi connectivity index (χ3v) is 2.12. The van der Waals surface area contributed by atoms with Crippen molar-refractivity contribution in [1.29, 1.82) is 0 Å². The first-order valence-corrected chi connectivity index (χ1v) is 5.14. The topological polar surface area (TPSA) is 98.7 Å². The van der Waals surface area contributed by atoms with Gasteiger partial charge in [0.15, 0.2) is 6.04 Å². The van der Waals surface area contributed by atoms with Gasteiger partial charge in [-0.05, 0) is 25.1 Å². The van der Waals surface area contributed by atoms with E-state index in [4.69, 9.17) is 10.2 Å². The van der Waals surface area contributed by atoms with Crippen LogP contribution in [0.1, 0.15) is 6.92 Å². The average Bonchev–Trinajstić information content (AvgIpc) is 2.25. The van der Waals surface area contributed by atoms with Crippen molar-refractivity contribution in [3.63, 3.8) is 0 Å². The molecule has 0 saturated heterocycles. The van der Waals surface area contributed by atoms with Crippen LogP contribution < -0.4 is 10.6 Å². The molecule has 1 aromatic carbocycles. The third-order valence-electron chi connectivity index (χ3n) is 2.12. The number of benzene rings is 1. The number of aliphatic hydroxyl groups excluding tert-OH is 1. The lowest BCUT2D eigenvalue weighted by atomic mass is 10.2. The van der Waals surface area contributed by atoms with E-state index in [1.807, 2.05) is 0 Å². The number of halogens is 1. The lowest BCUT2D eigenvalue weighted by molar-refractivity contribution is -0.141. The first-order chi connectivity index (χ1) is 8.40. The van der Waals surface area contributed by atoms with E-state index in [0.29, 0.717) is 0 Å². The summed E-state index contributed by atoms with van der Waals surface area (Å²) in [5.74, 6) is -1.89. The molecule has 1 rings (SSSR count). The van der Waals surface area contributed by atoms with Crippen LogP contribution in [-0.4, -0.2) is 34.4 Å². The molecule has 0 aliphatic carbocycles. The molecule has 7 heteroatoms. The van der Waals surface area contributed by atoms with E-state index in [1.54, 1.807) is 0 Å². The van der Waals surface area contributed by atoms with Gasteiger partial charge in [-0.15, -0.1) is 0 Å². The molecule has 0 saturated carbocycles. The molecule has 0 aliphatic rings. The fourth-order valence-electron chi connectivity index (χ4n) is 1.26. The zero-order chi connectivity index (χ0) is 13.7. The smallest absolute Gasteiger partial charge is 0.328 e. The highest BCUT2D eigenvalue weighted by Gasteiger charge is 2.24. The first-order valence-electron chi connectivity index (χ1n) is 5.14. The molecule has 2 unspecified atom stereocenters. The van der Waals surface area contributed by atoms with Crippen LogP contribution in [0.25, 0.3) is 0 Å². The minimum absolute atomic E-state index is 0.183. The van der Waals surface area contributed by atoms with Gasteiger partial charge in [0.2, 0.25) is 0 Å². The number of rotatable bonds is 4. The number of anilines is 1. The van der Waals surface area contributed by atoms with E-state index >= 15 is 0 Å². The molecule has 2 amide bonds. The highest BCUT2D eigenvalue weighted by atomic mass is 19.1. The monoisotopic (exact) mass is 256 g/mol. The van der Waals surface area contributed by atoms with Crippen molar-refractivity contribution >= 4 is 17.7 Å². The molecule has 0 heterocycles. The maximum absolute atomic E-state index is 12.8. The fraction of sp³-hybridized carbons (Fsp3) is 0.273. The molecule has 0 bridgehead atoms. The van der Waals surface area contributed by atoms with E-state index in [2.05, 4.69) is 10.6 Å². The number of hydrogen-bond donors (Lipinski definition) is 4. The van der Waals surface area contributed by atoms with Crippen molar-refractivity contribution < 1.29 is 24.2 Å². The van der Waals surface area contributed by atoms with Crippen LogP contribution in [0, 0.1) is 5.82 Å². The summed E-state index contributed by atoms with van der Waals surface area (Å²) in [6.45, 7) is 1.24. The number of carboxylic acid groups (broad SMARTS) is 1. The summed E-state index contributed by atoms with van der Waals surface area (Å²) < 4.78 is 12.8. The maximum atomic E-state index is 12.8. The Morgan fingerprint density at radius 3 is 2.56 bits per heavy atom. The SMILES string of the molecule is CC(O)C(NC(=O)Nc1cccc(F)c1)C(=O)O. The second-order valence-electron chi connectivity index (χ2n) is 3.67. The predicted molar refractivity (Wildman–Crippen MR) is 61.7 cm³/mol. The highest BCUT2D eigenvalue weighted by molar-refractivity contribution is 5.92. The summed E-state index contributed by atoms with van der Waals surface area (Å²) in [4.78, 5) is 22.1. The number of amides is 2. The van der Waals surface area contributed by atoms with Crippen LogP contribution in [0.15, 0.2) is 24.3 Å². The quantitative estimate of drug-likeness (QED) is 0.639. The average molecular weight is 256 g/mol. The van der Waals surface area contributed by atoms with Crippen molar-refractivity contribution in [3.8, 4) is 0 Å². The lowest BCUT2D eigenvalue weighted by Gasteiger charge is -2.17. The maximum Gasteiger partial charge on any atom is 0.328 e. The Bertz CT molecular complexity index is 450. The Morgan fingerprint density at radius 2 is 2.06 bits per heavy atom. The van der Waals surface area contributed by atoms with E-state index in [-0.39, 0.29) is 5.69 Å². The van der Waals surface area contributed by atoms with Crippen molar-refractivity contribution in [2.75, 3.05) is 5.32 Å². The largest absolute Gasteiger partial charge is 0.480 e. The minimum atomic E-state index is -1.43. The number of carbonyl (C=O) groups excluding carboxylic acids is 1. The van der Waals surface area contributed by atoms with Crippen LogP contribution in [0.2, 0.25) is 0 Å². The van der Waals surface area contributed by atoms with E-state index in [9.17, 15) is 14.0 Å². The first kappa shape index (κ1) is 13.9. The van der Waals surface area contributed by atoms with Crippen molar-refractivity contribution in [2.45, 2.75) is 19.1 Å². The Morgan fingerprint density at radius 1 is 1.39 bits per heavy atom. The zero-order valence-corrected chi connectivity index (χ0v) is 9.55. The van der Waals surface area contributed by atoms with Gasteiger partial charge in [-0.2, -0.15) is 0 Å². The summed E-state index contributed by atoms with van der Waals surface area (Å²) >= 11 is 0. The number of aliphatic hydroxyl groups is 1. The molecule has 4 N–H and O–H groups in total. The number of carboxylic acids is 1. The van der Waals surface area contributed by atoms with E-state index in [0.717, 1.165) is 6.07 Å². The lowest BCUT2D eigenvalue weighted by Crippen LogP contribution is -2.49. The van der Waals surface area contributed by atoms with Gasteiger partial charge < -0.3 is 20.8 Å². The summed E-state index contributed by atoms with van der Waals surface area (Å²) in [5.41, 5.74) is 0.183. The van der Waals surface area contributed by atoms with Crippen LogP contribution in [0.5, 0.6) is 0 Å². The van der Waals surface area contributed by atoms with Crippen LogP contribution in [0.4, 0.5) is 14.9 Å².